The quantitative estimate of drug-likeness (QED) is 0.636. The number of nitrogens with zero attached hydrogens (tertiary/aromatic N) is 1. The molecule has 1 fully saturated rings. The summed E-state index contributed by atoms with van der Waals surface area (Å²) in [5.41, 5.74) is 2.45. The fraction of sp³-hybridized carbons (Fsp3) is 0.391. The first-order valence-electron chi connectivity index (χ1n) is 10.3. The van der Waals surface area contributed by atoms with Crippen LogP contribution in [0.4, 0.5) is 10.5 Å². The second kappa shape index (κ2) is 11.0. The van der Waals surface area contributed by atoms with E-state index in [2.05, 4.69) is 10.6 Å². The van der Waals surface area contributed by atoms with Crippen LogP contribution in [0.1, 0.15) is 41.1 Å². The van der Waals surface area contributed by atoms with Crippen LogP contribution in [0, 0.1) is 0 Å². The van der Waals surface area contributed by atoms with E-state index < -0.39 is 0 Å². The van der Waals surface area contributed by atoms with Crippen LogP contribution in [-0.4, -0.2) is 50.2 Å². The maximum absolute atomic E-state index is 12.7. The molecule has 0 saturated carbocycles. The van der Waals surface area contributed by atoms with Gasteiger partial charge in [-0.3, -0.25) is 4.79 Å². The molecule has 3 amide bonds. The standard InChI is InChI=1S/C23H28ClN3O3/c1-30-14-4-12-25-22(28)18-6-2-5-17(15-18)19-7-3-13-27(16-19)23(29)26-21-10-8-20(24)9-11-21/h2,5-6,8-11,15,19H,3-4,7,12-14,16H2,1H3,(H,25,28)(H,26,29). The van der Waals surface area contributed by atoms with Gasteiger partial charge < -0.3 is 20.3 Å². The van der Waals surface area contributed by atoms with Crippen LogP contribution in [0.3, 0.4) is 0 Å². The number of hydrogen-bond acceptors (Lipinski definition) is 3. The molecule has 1 saturated heterocycles. The number of methoxy groups -OCH3 is 1. The number of piperidine rings is 1. The predicted octanol–water partition coefficient (Wildman–Crippen LogP) is 4.52. The van der Waals surface area contributed by atoms with Gasteiger partial charge in [0.05, 0.1) is 0 Å². The summed E-state index contributed by atoms with van der Waals surface area (Å²) in [7, 11) is 1.65. The molecule has 1 aliphatic heterocycles. The number of carbonyl (C=O) groups is 2. The zero-order valence-corrected chi connectivity index (χ0v) is 18.0. The van der Waals surface area contributed by atoms with Crippen molar-refractivity contribution in [1.82, 2.24) is 10.2 Å². The zero-order chi connectivity index (χ0) is 21.3. The van der Waals surface area contributed by atoms with Crippen LogP contribution in [0.5, 0.6) is 0 Å². The van der Waals surface area contributed by atoms with Crippen molar-refractivity contribution in [3.63, 3.8) is 0 Å². The highest BCUT2D eigenvalue weighted by molar-refractivity contribution is 6.30. The van der Waals surface area contributed by atoms with Crippen molar-refractivity contribution >= 4 is 29.2 Å². The Morgan fingerprint density at radius 1 is 1.20 bits per heavy atom. The molecule has 1 aliphatic rings. The Balaban J connectivity index is 1.60. The van der Waals surface area contributed by atoms with Gasteiger partial charge in [-0.05, 0) is 61.2 Å². The van der Waals surface area contributed by atoms with E-state index in [0.29, 0.717) is 30.3 Å². The lowest BCUT2D eigenvalue weighted by atomic mass is 9.89. The topological polar surface area (TPSA) is 70.7 Å². The fourth-order valence-corrected chi connectivity index (χ4v) is 3.75. The molecule has 7 heteroatoms. The zero-order valence-electron chi connectivity index (χ0n) is 17.2. The molecule has 0 spiro atoms. The van der Waals surface area contributed by atoms with Gasteiger partial charge in [0.15, 0.2) is 0 Å². The third kappa shape index (κ3) is 6.21. The SMILES string of the molecule is COCCCNC(=O)c1cccc(C2CCCN(C(=O)Nc3ccc(Cl)cc3)C2)c1. The summed E-state index contributed by atoms with van der Waals surface area (Å²) in [5, 5.41) is 6.48. The number of urea groups is 1. The van der Waals surface area contributed by atoms with Crippen LogP contribution in [0.15, 0.2) is 48.5 Å². The van der Waals surface area contributed by atoms with Crippen LogP contribution in [0.25, 0.3) is 0 Å². The van der Waals surface area contributed by atoms with Crippen molar-refractivity contribution in [3.8, 4) is 0 Å². The highest BCUT2D eigenvalue weighted by Gasteiger charge is 2.25. The van der Waals surface area contributed by atoms with Crippen molar-refractivity contribution in [2.75, 3.05) is 38.7 Å². The first-order chi connectivity index (χ1) is 14.6. The van der Waals surface area contributed by atoms with Crippen molar-refractivity contribution in [2.24, 2.45) is 0 Å². The Morgan fingerprint density at radius 3 is 2.77 bits per heavy atom. The van der Waals surface area contributed by atoms with Crippen LogP contribution >= 0.6 is 11.6 Å². The van der Waals surface area contributed by atoms with Crippen molar-refractivity contribution < 1.29 is 14.3 Å². The van der Waals surface area contributed by atoms with E-state index >= 15 is 0 Å². The van der Waals surface area contributed by atoms with Crippen molar-refractivity contribution in [1.29, 1.82) is 0 Å². The molecule has 0 bridgehead atoms. The molecule has 2 aromatic carbocycles. The largest absolute Gasteiger partial charge is 0.385 e. The molecular weight excluding hydrogens is 402 g/mol. The first kappa shape index (κ1) is 22.1. The second-order valence-electron chi connectivity index (χ2n) is 7.45. The van der Waals surface area contributed by atoms with Gasteiger partial charge in [0.25, 0.3) is 5.91 Å². The molecule has 6 nitrogen and oxygen atoms in total. The van der Waals surface area contributed by atoms with E-state index in [4.69, 9.17) is 16.3 Å². The summed E-state index contributed by atoms with van der Waals surface area (Å²) in [6.07, 6.45) is 2.69. The summed E-state index contributed by atoms with van der Waals surface area (Å²) in [4.78, 5) is 26.9. The minimum Gasteiger partial charge on any atom is -0.385 e. The summed E-state index contributed by atoms with van der Waals surface area (Å²) < 4.78 is 5.01. The number of benzene rings is 2. The Bertz CT molecular complexity index is 857. The van der Waals surface area contributed by atoms with E-state index in [1.165, 1.54) is 0 Å². The molecular formula is C23H28ClN3O3. The molecule has 30 heavy (non-hydrogen) atoms. The molecule has 0 aliphatic carbocycles. The molecule has 1 atom stereocenters. The minimum atomic E-state index is -0.117. The number of halogens is 1. The van der Waals surface area contributed by atoms with Gasteiger partial charge in [0.1, 0.15) is 0 Å². The normalized spacial score (nSPS) is 16.2. The smallest absolute Gasteiger partial charge is 0.321 e. The first-order valence-corrected chi connectivity index (χ1v) is 10.6. The number of amides is 3. The van der Waals surface area contributed by atoms with Crippen LogP contribution in [0.2, 0.25) is 5.02 Å². The van der Waals surface area contributed by atoms with E-state index in [1.807, 2.05) is 29.2 Å². The number of hydrogen-bond donors (Lipinski definition) is 2. The molecule has 1 heterocycles. The monoisotopic (exact) mass is 429 g/mol. The average molecular weight is 430 g/mol. The number of anilines is 1. The number of nitrogens with one attached hydrogen (secondary N) is 2. The van der Waals surface area contributed by atoms with E-state index in [0.717, 1.165) is 37.1 Å². The Morgan fingerprint density at radius 2 is 2.00 bits per heavy atom. The van der Waals surface area contributed by atoms with Gasteiger partial charge in [-0.1, -0.05) is 23.7 Å². The van der Waals surface area contributed by atoms with Crippen LogP contribution in [-0.2, 0) is 4.74 Å². The molecule has 0 aromatic heterocycles. The molecule has 2 aromatic rings. The number of rotatable bonds is 7. The summed E-state index contributed by atoms with van der Waals surface area (Å²) in [6.45, 7) is 2.54. The minimum absolute atomic E-state index is 0.0823. The predicted molar refractivity (Wildman–Crippen MR) is 119 cm³/mol. The van der Waals surface area contributed by atoms with E-state index in [1.54, 1.807) is 31.4 Å². The molecule has 3 rings (SSSR count). The fourth-order valence-electron chi connectivity index (χ4n) is 3.62. The van der Waals surface area contributed by atoms with Gasteiger partial charge in [-0.15, -0.1) is 0 Å². The van der Waals surface area contributed by atoms with Crippen molar-refractivity contribution in [2.45, 2.75) is 25.2 Å². The molecule has 0 radical (unpaired) electrons. The Hall–Kier alpha value is -2.57. The lowest BCUT2D eigenvalue weighted by Gasteiger charge is -2.33. The number of carbonyl (C=O) groups excluding carboxylic acids is 2. The van der Waals surface area contributed by atoms with Crippen molar-refractivity contribution in [3.05, 3.63) is 64.7 Å². The van der Waals surface area contributed by atoms with Gasteiger partial charge in [0, 0.05) is 55.5 Å². The Kier molecular flexibility index (Phi) is 8.11. The second-order valence-corrected chi connectivity index (χ2v) is 7.89. The lowest BCUT2D eigenvalue weighted by molar-refractivity contribution is 0.0948. The van der Waals surface area contributed by atoms with E-state index in [9.17, 15) is 9.59 Å². The summed E-state index contributed by atoms with van der Waals surface area (Å²) >= 11 is 5.90. The van der Waals surface area contributed by atoms with Gasteiger partial charge in [-0.25, -0.2) is 4.79 Å². The molecule has 2 N–H and O–H groups in total. The summed E-state index contributed by atoms with van der Waals surface area (Å²) in [5.74, 6) is 0.122. The third-order valence-corrected chi connectivity index (χ3v) is 5.49. The maximum Gasteiger partial charge on any atom is 0.321 e. The van der Waals surface area contributed by atoms with E-state index in [-0.39, 0.29) is 17.9 Å². The third-order valence-electron chi connectivity index (χ3n) is 5.24. The highest BCUT2D eigenvalue weighted by atomic mass is 35.5. The number of ether oxygens (including phenoxy) is 1. The Labute approximate surface area is 182 Å². The maximum atomic E-state index is 12.7. The van der Waals surface area contributed by atoms with Crippen LogP contribution < -0.4 is 10.6 Å². The molecule has 1 unspecified atom stereocenters. The lowest BCUT2D eigenvalue weighted by Crippen LogP contribution is -2.41. The van der Waals surface area contributed by atoms with Gasteiger partial charge in [0.2, 0.25) is 0 Å². The number of likely N-dealkylation sites (tertiary alicyclic amines) is 1. The van der Waals surface area contributed by atoms with Gasteiger partial charge in [-0.2, -0.15) is 0 Å². The average Bonchev–Trinajstić information content (AvgIpc) is 2.78. The van der Waals surface area contributed by atoms with Gasteiger partial charge >= 0.3 is 6.03 Å². The summed E-state index contributed by atoms with van der Waals surface area (Å²) in [6, 6.07) is 14.7. The highest BCUT2D eigenvalue weighted by Crippen LogP contribution is 2.28. The molecule has 160 valence electrons.